The summed E-state index contributed by atoms with van der Waals surface area (Å²) < 4.78 is 15.6. The Morgan fingerprint density at radius 2 is 2.64 bits per heavy atom. The van der Waals surface area contributed by atoms with Crippen LogP contribution in [0.2, 0.25) is 0 Å². The van der Waals surface area contributed by atoms with Crippen molar-refractivity contribution in [3.63, 3.8) is 0 Å². The van der Waals surface area contributed by atoms with E-state index in [1.54, 1.807) is 0 Å². The van der Waals surface area contributed by atoms with Crippen LogP contribution in [0.15, 0.2) is 12.8 Å². The van der Waals surface area contributed by atoms with E-state index in [1.807, 2.05) is 0 Å². The van der Waals surface area contributed by atoms with Crippen LogP contribution >= 0.6 is 8.60 Å². The number of rotatable bonds is 3. The zero-order valence-electron chi connectivity index (χ0n) is 6.66. The van der Waals surface area contributed by atoms with E-state index in [1.165, 1.54) is 6.26 Å². The largest absolute Gasteiger partial charge is 0.435 e. The van der Waals surface area contributed by atoms with Gasteiger partial charge in [0.25, 0.3) is 0 Å². The van der Waals surface area contributed by atoms with Crippen LogP contribution in [0.5, 0.6) is 0 Å². The molecule has 11 heavy (non-hydrogen) atoms. The molecular weight excluding hydrogens is 163 g/mol. The van der Waals surface area contributed by atoms with Crippen molar-refractivity contribution in [3.8, 4) is 0 Å². The smallest absolute Gasteiger partial charge is 0.396 e. The van der Waals surface area contributed by atoms with Crippen LogP contribution in [0.4, 0.5) is 0 Å². The second kappa shape index (κ2) is 4.70. The highest BCUT2D eigenvalue weighted by molar-refractivity contribution is 7.41. The molecule has 3 nitrogen and oxygen atoms in total. The average Bonchev–Trinajstić information content (AvgIpc) is 2.06. The Bertz CT molecular complexity index is 129. The SMILES string of the molecule is C=COP1OCCC(CC)O1. The fourth-order valence-corrected chi connectivity index (χ4v) is 1.90. The van der Waals surface area contributed by atoms with Gasteiger partial charge in [0.15, 0.2) is 0 Å². The van der Waals surface area contributed by atoms with Crippen molar-refractivity contribution in [1.82, 2.24) is 0 Å². The van der Waals surface area contributed by atoms with E-state index >= 15 is 0 Å². The first-order valence-corrected chi connectivity index (χ1v) is 4.84. The van der Waals surface area contributed by atoms with Crippen molar-refractivity contribution in [1.29, 1.82) is 0 Å². The molecule has 0 spiro atoms. The lowest BCUT2D eigenvalue weighted by Crippen LogP contribution is -2.17. The van der Waals surface area contributed by atoms with Gasteiger partial charge in [-0.25, -0.2) is 0 Å². The van der Waals surface area contributed by atoms with Crippen molar-refractivity contribution < 1.29 is 13.6 Å². The summed E-state index contributed by atoms with van der Waals surface area (Å²) in [5.74, 6) is 0. The quantitative estimate of drug-likeness (QED) is 0.488. The van der Waals surface area contributed by atoms with Crippen LogP contribution in [0.3, 0.4) is 0 Å². The lowest BCUT2D eigenvalue weighted by Gasteiger charge is -2.25. The van der Waals surface area contributed by atoms with Crippen LogP contribution < -0.4 is 0 Å². The molecule has 4 heteroatoms. The molecule has 64 valence electrons. The molecular formula is C7H13O3P. The van der Waals surface area contributed by atoms with Crippen LogP contribution in [-0.2, 0) is 13.6 Å². The fraction of sp³-hybridized carbons (Fsp3) is 0.714. The molecule has 2 unspecified atom stereocenters. The van der Waals surface area contributed by atoms with Crippen molar-refractivity contribution in [2.75, 3.05) is 6.61 Å². The molecule has 1 fully saturated rings. The van der Waals surface area contributed by atoms with Gasteiger partial charge in [-0.2, -0.15) is 0 Å². The first-order chi connectivity index (χ1) is 5.36. The van der Waals surface area contributed by atoms with Gasteiger partial charge < -0.3 is 9.05 Å². The molecule has 1 aliphatic rings. The van der Waals surface area contributed by atoms with Gasteiger partial charge in [-0.1, -0.05) is 13.5 Å². The lowest BCUT2D eigenvalue weighted by atomic mass is 10.2. The standard InChI is InChI=1S/C7H13O3P/c1-3-7-5-6-9-11(10-7)8-4-2/h4,7H,2-3,5-6H2,1H3. The number of hydrogen-bond acceptors (Lipinski definition) is 3. The summed E-state index contributed by atoms with van der Waals surface area (Å²) in [5, 5.41) is 0. The fourth-order valence-electron chi connectivity index (χ4n) is 0.858. The summed E-state index contributed by atoms with van der Waals surface area (Å²) in [5.41, 5.74) is 0. The highest BCUT2D eigenvalue weighted by Gasteiger charge is 2.23. The second-order valence-electron chi connectivity index (χ2n) is 2.25. The van der Waals surface area contributed by atoms with E-state index in [0.29, 0.717) is 6.10 Å². The van der Waals surface area contributed by atoms with E-state index in [2.05, 4.69) is 13.5 Å². The van der Waals surface area contributed by atoms with Gasteiger partial charge in [-0.15, -0.1) is 0 Å². The monoisotopic (exact) mass is 176 g/mol. The molecule has 0 aliphatic carbocycles. The summed E-state index contributed by atoms with van der Waals surface area (Å²) in [6.45, 7) is 6.27. The van der Waals surface area contributed by atoms with Crippen LogP contribution in [0, 0.1) is 0 Å². The molecule has 1 aliphatic heterocycles. The summed E-state index contributed by atoms with van der Waals surface area (Å²) >= 11 is 0. The van der Waals surface area contributed by atoms with Gasteiger partial charge >= 0.3 is 8.60 Å². The molecule has 2 atom stereocenters. The molecule has 0 saturated carbocycles. The van der Waals surface area contributed by atoms with Gasteiger partial charge in [0.2, 0.25) is 0 Å². The Labute approximate surface area is 68.3 Å². The van der Waals surface area contributed by atoms with Crippen LogP contribution in [-0.4, -0.2) is 12.7 Å². The van der Waals surface area contributed by atoms with Gasteiger partial charge in [0.05, 0.1) is 19.0 Å². The van der Waals surface area contributed by atoms with Crippen molar-refractivity contribution >= 4 is 8.60 Å². The zero-order chi connectivity index (χ0) is 8.10. The Morgan fingerprint density at radius 3 is 3.27 bits per heavy atom. The third-order valence-electron chi connectivity index (χ3n) is 1.49. The molecule has 0 aromatic heterocycles. The molecule has 0 amide bonds. The summed E-state index contributed by atoms with van der Waals surface area (Å²) in [6, 6.07) is 0. The third-order valence-corrected chi connectivity index (χ3v) is 2.67. The number of hydrogen-bond donors (Lipinski definition) is 0. The Kier molecular flexibility index (Phi) is 3.84. The van der Waals surface area contributed by atoms with Gasteiger partial charge in [0.1, 0.15) is 0 Å². The van der Waals surface area contributed by atoms with E-state index in [4.69, 9.17) is 13.6 Å². The highest BCUT2D eigenvalue weighted by atomic mass is 31.2. The average molecular weight is 176 g/mol. The maximum atomic E-state index is 5.43. The second-order valence-corrected chi connectivity index (χ2v) is 3.38. The van der Waals surface area contributed by atoms with Crippen LogP contribution in [0.25, 0.3) is 0 Å². The molecule has 1 heterocycles. The molecule has 0 aromatic carbocycles. The minimum absolute atomic E-state index is 0.301. The summed E-state index contributed by atoms with van der Waals surface area (Å²) in [7, 11) is -1.14. The van der Waals surface area contributed by atoms with Crippen molar-refractivity contribution in [3.05, 3.63) is 12.8 Å². The maximum absolute atomic E-state index is 5.43. The molecule has 0 N–H and O–H groups in total. The van der Waals surface area contributed by atoms with Gasteiger partial charge in [0, 0.05) is 0 Å². The topological polar surface area (TPSA) is 27.7 Å². The highest BCUT2D eigenvalue weighted by Crippen LogP contribution is 2.45. The first kappa shape index (κ1) is 8.98. The van der Waals surface area contributed by atoms with Gasteiger partial charge in [-0.3, -0.25) is 4.52 Å². The lowest BCUT2D eigenvalue weighted by molar-refractivity contribution is 0.0741. The minimum Gasteiger partial charge on any atom is -0.435 e. The molecule has 1 rings (SSSR count). The predicted octanol–water partition coefficient (Wildman–Crippen LogP) is 2.59. The van der Waals surface area contributed by atoms with E-state index in [0.717, 1.165) is 19.4 Å². The first-order valence-electron chi connectivity index (χ1n) is 3.74. The van der Waals surface area contributed by atoms with E-state index in [-0.39, 0.29) is 0 Å². The molecule has 1 saturated heterocycles. The Morgan fingerprint density at radius 1 is 1.82 bits per heavy atom. The van der Waals surface area contributed by atoms with Crippen molar-refractivity contribution in [2.45, 2.75) is 25.9 Å². The maximum Gasteiger partial charge on any atom is 0.396 e. The van der Waals surface area contributed by atoms with E-state index < -0.39 is 8.60 Å². The normalized spacial score (nSPS) is 31.4. The summed E-state index contributed by atoms with van der Waals surface area (Å²) in [6.07, 6.45) is 3.65. The van der Waals surface area contributed by atoms with Gasteiger partial charge in [-0.05, 0) is 12.8 Å². The Balaban J connectivity index is 2.27. The Hall–Kier alpha value is -0.110. The molecule has 0 aromatic rings. The van der Waals surface area contributed by atoms with E-state index in [9.17, 15) is 0 Å². The minimum atomic E-state index is -1.14. The third kappa shape index (κ3) is 2.78. The predicted molar refractivity (Wildman–Crippen MR) is 43.9 cm³/mol. The van der Waals surface area contributed by atoms with Crippen LogP contribution in [0.1, 0.15) is 19.8 Å². The molecule has 0 bridgehead atoms. The zero-order valence-corrected chi connectivity index (χ0v) is 7.55. The summed E-state index contributed by atoms with van der Waals surface area (Å²) in [4.78, 5) is 0. The van der Waals surface area contributed by atoms with Crippen molar-refractivity contribution in [2.24, 2.45) is 0 Å². The molecule has 0 radical (unpaired) electrons.